The number of rotatable bonds is 16. The molecule has 1 aliphatic heterocycles. The second-order valence-electron chi connectivity index (χ2n) is 16.0. The van der Waals surface area contributed by atoms with Crippen LogP contribution in [0.15, 0.2) is 92.3 Å². The van der Waals surface area contributed by atoms with Crippen molar-refractivity contribution in [1.29, 1.82) is 0 Å². The first-order chi connectivity index (χ1) is 30.5. The van der Waals surface area contributed by atoms with E-state index in [0.717, 1.165) is 11.6 Å². The van der Waals surface area contributed by atoms with E-state index in [1.165, 1.54) is 40.5 Å². The summed E-state index contributed by atoms with van der Waals surface area (Å²) in [6, 6.07) is 12.7. The number of Topliss-reactive ketones (excluding diaryl/α,β-unsaturated/α-hetero) is 1. The maximum Gasteiger partial charge on any atom is 0.433 e. The van der Waals surface area contributed by atoms with Gasteiger partial charge in [-0.2, -0.15) is 18.3 Å². The van der Waals surface area contributed by atoms with Crippen molar-refractivity contribution in [2.24, 2.45) is 5.41 Å². The number of anilines is 2. The van der Waals surface area contributed by atoms with Crippen molar-refractivity contribution >= 4 is 52.0 Å². The van der Waals surface area contributed by atoms with Crippen LogP contribution in [0.25, 0.3) is 22.0 Å². The molecule has 3 atom stereocenters. The zero-order valence-corrected chi connectivity index (χ0v) is 35.4. The maximum absolute atomic E-state index is 14.8. The third-order valence-corrected chi connectivity index (χ3v) is 11.4. The molecule has 5 aromatic rings. The number of ketones is 1. The molecule has 1 saturated carbocycles. The fourth-order valence-electron chi connectivity index (χ4n) is 8.07. The summed E-state index contributed by atoms with van der Waals surface area (Å²) in [5, 5.41) is 10.4. The van der Waals surface area contributed by atoms with Crippen LogP contribution in [-0.4, -0.2) is 84.4 Å². The van der Waals surface area contributed by atoms with E-state index in [9.17, 15) is 37.1 Å². The first-order valence-electron chi connectivity index (χ1n) is 20.5. The van der Waals surface area contributed by atoms with Crippen LogP contribution < -0.4 is 15.5 Å². The lowest BCUT2D eigenvalue weighted by Gasteiger charge is -2.27. The van der Waals surface area contributed by atoms with Crippen molar-refractivity contribution in [3.8, 4) is 11.1 Å². The highest BCUT2D eigenvalue weighted by Gasteiger charge is 2.67. The molecule has 3 aromatic heterocycles. The molecule has 64 heavy (non-hydrogen) atoms. The van der Waals surface area contributed by atoms with Crippen molar-refractivity contribution in [2.75, 3.05) is 23.3 Å². The summed E-state index contributed by atoms with van der Waals surface area (Å²) in [7, 11) is 0. The van der Waals surface area contributed by atoms with Gasteiger partial charge in [-0.1, -0.05) is 48.6 Å². The van der Waals surface area contributed by atoms with Crippen LogP contribution in [-0.2, 0) is 38.4 Å². The first-order valence-corrected chi connectivity index (χ1v) is 20.5. The van der Waals surface area contributed by atoms with E-state index in [-0.39, 0.29) is 66.7 Å². The first kappa shape index (κ1) is 44.8. The molecule has 15 nitrogen and oxygen atoms in total. The Bertz CT molecular complexity index is 2650. The van der Waals surface area contributed by atoms with Crippen LogP contribution >= 0.6 is 0 Å². The molecule has 2 fully saturated rings. The molecule has 0 bridgehead atoms. The second kappa shape index (κ2) is 18.2. The highest BCUT2D eigenvalue weighted by Crippen LogP contribution is 2.59. The van der Waals surface area contributed by atoms with Gasteiger partial charge < -0.3 is 20.3 Å². The molecule has 7 rings (SSSR count). The van der Waals surface area contributed by atoms with Gasteiger partial charge in [0.05, 0.1) is 11.2 Å². The van der Waals surface area contributed by atoms with Crippen LogP contribution in [0.2, 0.25) is 0 Å². The number of amides is 4. The number of likely N-dealkylation sites (tertiary alicyclic amines) is 1. The van der Waals surface area contributed by atoms with Crippen LogP contribution in [0.5, 0.6) is 0 Å². The predicted molar refractivity (Wildman–Crippen MR) is 231 cm³/mol. The maximum atomic E-state index is 14.8. The fourth-order valence-corrected chi connectivity index (χ4v) is 8.07. The number of carbonyl (C=O) groups is 5. The molecule has 2 aliphatic rings. The SMILES string of the molecule is C=CCCC(=O)NCC12CC(C(=O)Nc3nc(C(F)(F)F)ccc3C)N(C(=O)Cn3nc(C(C)=O)c4cc(-c5cnc(C)nc5)cc(N(CC=C)C(=O)OCc5ccccc5)c43)C1C2. The van der Waals surface area contributed by atoms with Crippen LogP contribution in [0.1, 0.15) is 65.7 Å². The van der Waals surface area contributed by atoms with E-state index in [4.69, 9.17) is 4.74 Å². The third kappa shape index (κ3) is 9.40. The smallest absolute Gasteiger partial charge is 0.433 e. The van der Waals surface area contributed by atoms with Crippen molar-refractivity contribution < 1.29 is 41.9 Å². The average Bonchev–Trinajstić information content (AvgIpc) is 3.68. The van der Waals surface area contributed by atoms with E-state index >= 15 is 0 Å². The Balaban J connectivity index is 1.29. The molecule has 4 amide bonds. The molecular formula is C46H46F3N9O6. The number of ether oxygens (including phenoxy) is 1. The van der Waals surface area contributed by atoms with E-state index in [0.29, 0.717) is 35.2 Å². The highest BCUT2D eigenvalue weighted by molar-refractivity contribution is 6.11. The molecule has 18 heteroatoms. The number of halogens is 3. The molecule has 4 heterocycles. The van der Waals surface area contributed by atoms with Crippen LogP contribution in [0.3, 0.4) is 0 Å². The summed E-state index contributed by atoms with van der Waals surface area (Å²) in [6.45, 7) is 11.5. The fraction of sp³-hybridized carbons (Fsp3) is 0.326. The van der Waals surface area contributed by atoms with E-state index < -0.39 is 59.6 Å². The van der Waals surface area contributed by atoms with Gasteiger partial charge in [0.2, 0.25) is 17.7 Å². The van der Waals surface area contributed by atoms with Gasteiger partial charge in [-0.05, 0) is 68.0 Å². The van der Waals surface area contributed by atoms with Gasteiger partial charge in [-0.3, -0.25) is 28.8 Å². The topological polar surface area (TPSA) is 182 Å². The quantitative estimate of drug-likeness (QED) is 0.0764. The van der Waals surface area contributed by atoms with Crippen molar-refractivity contribution in [3.05, 3.63) is 121 Å². The zero-order valence-electron chi connectivity index (χ0n) is 35.4. The number of aryl methyl sites for hydroxylation is 2. The Labute approximate surface area is 366 Å². The number of nitrogens with one attached hydrogen (secondary N) is 2. The normalized spacial score (nSPS) is 17.6. The van der Waals surface area contributed by atoms with Gasteiger partial charge in [0.25, 0.3) is 0 Å². The molecule has 1 saturated heterocycles. The molecule has 0 spiro atoms. The second-order valence-corrected chi connectivity index (χ2v) is 16.0. The monoisotopic (exact) mass is 877 g/mol. The number of aromatic nitrogens is 5. The highest BCUT2D eigenvalue weighted by atomic mass is 19.4. The Hall–Kier alpha value is -7.24. The summed E-state index contributed by atoms with van der Waals surface area (Å²) < 4.78 is 48.1. The molecule has 0 radical (unpaired) electrons. The number of hydrogen-bond acceptors (Lipinski definition) is 10. The number of fused-ring (bicyclic) bond motifs is 2. The van der Waals surface area contributed by atoms with Gasteiger partial charge in [0, 0.05) is 61.2 Å². The lowest BCUT2D eigenvalue weighted by Crippen LogP contribution is -2.47. The summed E-state index contributed by atoms with van der Waals surface area (Å²) in [4.78, 5) is 84.1. The van der Waals surface area contributed by atoms with E-state index in [2.05, 4.69) is 43.8 Å². The van der Waals surface area contributed by atoms with Gasteiger partial charge >= 0.3 is 12.3 Å². The minimum Gasteiger partial charge on any atom is -0.444 e. The minimum atomic E-state index is -4.78. The largest absolute Gasteiger partial charge is 0.444 e. The summed E-state index contributed by atoms with van der Waals surface area (Å²) in [5.41, 5.74) is 0.572. The Kier molecular flexibility index (Phi) is 12.8. The average molecular weight is 878 g/mol. The predicted octanol–water partition coefficient (Wildman–Crippen LogP) is 7.14. The molecule has 2 N–H and O–H groups in total. The van der Waals surface area contributed by atoms with Crippen LogP contribution in [0.4, 0.5) is 29.5 Å². The number of carbonyl (C=O) groups excluding carboxylic acids is 5. The number of piperidine rings is 1. The standard InChI is InChI=1S/C46H46F3N9O6/c1-6-8-14-38(60)52-26-45-20-35(43(62)54-42-27(3)15-16-36(53-42)46(47,48)49)58(37(45)21-45)39(61)24-57-41-33(40(55-57)28(4)59)18-31(32-22-50-29(5)51-23-32)19-34(41)56(17-7-2)44(63)64-25-30-12-10-9-11-13-30/h6-7,9-13,15-16,18-19,22-23,35,37H,1-2,8,14,17,20-21,24-26H2,3-5H3,(H,52,60)(H,53,54,62). The summed E-state index contributed by atoms with van der Waals surface area (Å²) in [5.74, 6) is -1.87. The number of benzene rings is 2. The number of hydrogen-bond donors (Lipinski definition) is 2. The molecule has 2 aromatic carbocycles. The molecular weight excluding hydrogens is 832 g/mol. The molecule has 3 unspecified atom stereocenters. The van der Waals surface area contributed by atoms with E-state index in [1.807, 2.05) is 18.2 Å². The zero-order chi connectivity index (χ0) is 45.9. The Morgan fingerprint density at radius 1 is 0.984 bits per heavy atom. The van der Waals surface area contributed by atoms with Gasteiger partial charge in [-0.15, -0.1) is 13.2 Å². The van der Waals surface area contributed by atoms with Gasteiger partial charge in [0.15, 0.2) is 5.78 Å². The summed E-state index contributed by atoms with van der Waals surface area (Å²) in [6.07, 6.45) is 1.89. The van der Waals surface area contributed by atoms with E-state index in [1.54, 1.807) is 49.7 Å². The Morgan fingerprint density at radius 2 is 1.72 bits per heavy atom. The van der Waals surface area contributed by atoms with Crippen molar-refractivity contribution in [1.82, 2.24) is 34.9 Å². The number of alkyl halides is 3. The lowest BCUT2D eigenvalue weighted by molar-refractivity contribution is -0.141. The molecule has 1 aliphatic carbocycles. The minimum absolute atomic E-state index is 0.0139. The van der Waals surface area contributed by atoms with Gasteiger partial charge in [0.1, 0.15) is 42.2 Å². The lowest BCUT2D eigenvalue weighted by atomic mass is 9.98. The van der Waals surface area contributed by atoms with Crippen LogP contribution in [0, 0.1) is 19.3 Å². The number of nitrogens with zero attached hydrogens (tertiary/aromatic N) is 7. The third-order valence-electron chi connectivity index (χ3n) is 11.4. The van der Waals surface area contributed by atoms with Gasteiger partial charge in [-0.25, -0.2) is 19.7 Å². The molecule has 332 valence electrons. The Morgan fingerprint density at radius 3 is 2.39 bits per heavy atom. The number of pyridine rings is 1. The number of allylic oxidation sites excluding steroid dienone is 1. The van der Waals surface area contributed by atoms with Crippen molar-refractivity contribution in [2.45, 2.75) is 77.9 Å². The summed E-state index contributed by atoms with van der Waals surface area (Å²) >= 11 is 0. The van der Waals surface area contributed by atoms with Crippen molar-refractivity contribution in [3.63, 3.8) is 0 Å².